The number of hydrogen-bond donors (Lipinski definition) is 2. The van der Waals surface area contributed by atoms with Crippen LogP contribution in [0.5, 0.6) is 5.75 Å². The van der Waals surface area contributed by atoms with Gasteiger partial charge in [0, 0.05) is 31.8 Å². The molecule has 7 heteroatoms. The highest BCUT2D eigenvalue weighted by Crippen LogP contribution is 2.29. The minimum absolute atomic E-state index is 0.00482. The summed E-state index contributed by atoms with van der Waals surface area (Å²) in [4.78, 5) is 25.7. The van der Waals surface area contributed by atoms with Crippen LogP contribution in [0.3, 0.4) is 0 Å². The molecule has 0 fully saturated rings. The molecule has 0 saturated carbocycles. The van der Waals surface area contributed by atoms with Gasteiger partial charge in [-0.05, 0) is 37.1 Å². The molecule has 2 amide bonds. The number of aromatic nitrogens is 2. The fourth-order valence-electron chi connectivity index (χ4n) is 3.02. The molecule has 24 heavy (non-hydrogen) atoms. The van der Waals surface area contributed by atoms with Crippen LogP contribution in [0, 0.1) is 0 Å². The van der Waals surface area contributed by atoms with E-state index in [1.54, 1.807) is 24.9 Å². The third kappa shape index (κ3) is 2.84. The third-order valence-electron chi connectivity index (χ3n) is 4.21. The van der Waals surface area contributed by atoms with E-state index in [4.69, 9.17) is 0 Å². The van der Waals surface area contributed by atoms with Crippen LogP contribution in [-0.2, 0) is 18.3 Å². The van der Waals surface area contributed by atoms with Crippen molar-refractivity contribution in [2.75, 3.05) is 11.4 Å². The predicted molar refractivity (Wildman–Crippen MR) is 88.9 cm³/mol. The molecular weight excluding hydrogens is 308 g/mol. The SMILES string of the molecule is CC(=O)N1CCc2cc(C(=O)NC(C)c3nn(C)cc3O)ccc21. The molecule has 0 bridgehead atoms. The summed E-state index contributed by atoms with van der Waals surface area (Å²) in [5.41, 5.74) is 2.82. The van der Waals surface area contributed by atoms with Crippen LogP contribution < -0.4 is 10.2 Å². The summed E-state index contributed by atoms with van der Waals surface area (Å²) in [5.74, 6) is -0.182. The first-order valence-corrected chi connectivity index (χ1v) is 7.81. The average molecular weight is 328 g/mol. The number of aryl methyl sites for hydroxylation is 1. The van der Waals surface area contributed by atoms with Gasteiger partial charge in [0.2, 0.25) is 5.91 Å². The molecule has 0 spiro atoms. The summed E-state index contributed by atoms with van der Waals surface area (Å²) in [5, 5.41) is 16.8. The van der Waals surface area contributed by atoms with Crippen molar-refractivity contribution in [2.24, 2.45) is 7.05 Å². The molecule has 0 radical (unpaired) electrons. The largest absolute Gasteiger partial charge is 0.504 e. The first-order valence-electron chi connectivity index (χ1n) is 7.81. The van der Waals surface area contributed by atoms with E-state index in [9.17, 15) is 14.7 Å². The highest BCUT2D eigenvalue weighted by Gasteiger charge is 2.24. The molecule has 2 N–H and O–H groups in total. The molecule has 7 nitrogen and oxygen atoms in total. The van der Waals surface area contributed by atoms with Gasteiger partial charge in [0.15, 0.2) is 5.75 Å². The Balaban J connectivity index is 1.77. The maximum Gasteiger partial charge on any atom is 0.251 e. The van der Waals surface area contributed by atoms with E-state index in [0.717, 1.165) is 17.7 Å². The molecule has 2 aromatic rings. The number of benzene rings is 1. The zero-order valence-electron chi connectivity index (χ0n) is 13.9. The van der Waals surface area contributed by atoms with Crippen molar-refractivity contribution in [3.8, 4) is 5.75 Å². The lowest BCUT2D eigenvalue weighted by Gasteiger charge is -2.15. The molecule has 3 rings (SSSR count). The third-order valence-corrected chi connectivity index (χ3v) is 4.21. The van der Waals surface area contributed by atoms with Gasteiger partial charge in [0.05, 0.1) is 12.2 Å². The number of rotatable bonds is 3. The molecule has 126 valence electrons. The van der Waals surface area contributed by atoms with Gasteiger partial charge in [0.25, 0.3) is 5.91 Å². The van der Waals surface area contributed by atoms with Gasteiger partial charge in [0.1, 0.15) is 5.69 Å². The van der Waals surface area contributed by atoms with Gasteiger partial charge < -0.3 is 15.3 Å². The lowest BCUT2D eigenvalue weighted by atomic mass is 10.1. The van der Waals surface area contributed by atoms with Crippen LogP contribution in [0.25, 0.3) is 0 Å². The van der Waals surface area contributed by atoms with Crippen LogP contribution in [0.4, 0.5) is 5.69 Å². The van der Waals surface area contributed by atoms with E-state index in [1.807, 2.05) is 12.1 Å². The Morgan fingerprint density at radius 1 is 1.38 bits per heavy atom. The Hall–Kier alpha value is -2.83. The van der Waals surface area contributed by atoms with E-state index in [-0.39, 0.29) is 17.6 Å². The topological polar surface area (TPSA) is 87.5 Å². The van der Waals surface area contributed by atoms with Gasteiger partial charge in [-0.2, -0.15) is 5.10 Å². The second-order valence-electron chi connectivity index (χ2n) is 6.03. The zero-order chi connectivity index (χ0) is 17.4. The van der Waals surface area contributed by atoms with E-state index in [1.165, 1.54) is 17.8 Å². The molecule has 0 saturated heterocycles. The van der Waals surface area contributed by atoms with E-state index < -0.39 is 6.04 Å². The van der Waals surface area contributed by atoms with Crippen molar-refractivity contribution in [3.05, 3.63) is 41.2 Å². The number of nitrogens with zero attached hydrogens (tertiary/aromatic N) is 3. The monoisotopic (exact) mass is 328 g/mol. The lowest BCUT2D eigenvalue weighted by Crippen LogP contribution is -2.27. The number of hydrogen-bond acceptors (Lipinski definition) is 4. The van der Waals surface area contributed by atoms with E-state index in [0.29, 0.717) is 17.8 Å². The molecule has 1 unspecified atom stereocenters. The number of carbonyl (C=O) groups excluding carboxylic acids is 2. The summed E-state index contributed by atoms with van der Waals surface area (Å²) in [7, 11) is 1.71. The zero-order valence-corrected chi connectivity index (χ0v) is 13.9. The molecular formula is C17H20N4O3. The predicted octanol–water partition coefficient (Wildman–Crippen LogP) is 1.53. The molecule has 1 aromatic carbocycles. The number of nitrogens with one attached hydrogen (secondary N) is 1. The van der Waals surface area contributed by atoms with Crippen LogP contribution in [0.1, 0.15) is 41.5 Å². The normalized spacial score (nSPS) is 14.4. The first kappa shape index (κ1) is 16.0. The number of fused-ring (bicyclic) bond motifs is 1. The summed E-state index contributed by atoms with van der Waals surface area (Å²) >= 11 is 0. The maximum absolute atomic E-state index is 12.5. The Bertz CT molecular complexity index is 812. The number of carbonyl (C=O) groups is 2. The summed E-state index contributed by atoms with van der Waals surface area (Å²) in [6.07, 6.45) is 2.23. The second-order valence-corrected chi connectivity index (χ2v) is 6.03. The number of anilines is 1. The van der Waals surface area contributed by atoms with Crippen molar-refractivity contribution < 1.29 is 14.7 Å². The van der Waals surface area contributed by atoms with Gasteiger partial charge in [-0.15, -0.1) is 0 Å². The molecule has 2 heterocycles. The lowest BCUT2D eigenvalue weighted by molar-refractivity contribution is -0.116. The van der Waals surface area contributed by atoms with Crippen molar-refractivity contribution in [2.45, 2.75) is 26.3 Å². The molecule has 1 aromatic heterocycles. The molecule has 1 aliphatic heterocycles. The van der Waals surface area contributed by atoms with Crippen LogP contribution in [0.15, 0.2) is 24.4 Å². The van der Waals surface area contributed by atoms with E-state index in [2.05, 4.69) is 10.4 Å². The minimum Gasteiger partial charge on any atom is -0.504 e. The maximum atomic E-state index is 12.5. The Morgan fingerprint density at radius 3 is 2.75 bits per heavy atom. The number of aromatic hydroxyl groups is 1. The summed E-state index contributed by atoms with van der Waals surface area (Å²) < 4.78 is 1.50. The van der Waals surface area contributed by atoms with Crippen LogP contribution in [0.2, 0.25) is 0 Å². The fourth-order valence-corrected chi connectivity index (χ4v) is 3.02. The summed E-state index contributed by atoms with van der Waals surface area (Å²) in [6, 6.07) is 4.92. The fraction of sp³-hybridized carbons (Fsp3) is 0.353. The first-order chi connectivity index (χ1) is 11.4. The van der Waals surface area contributed by atoms with Crippen LogP contribution in [-0.4, -0.2) is 33.2 Å². The van der Waals surface area contributed by atoms with Crippen molar-refractivity contribution in [1.82, 2.24) is 15.1 Å². The van der Waals surface area contributed by atoms with Crippen LogP contribution >= 0.6 is 0 Å². The van der Waals surface area contributed by atoms with Crippen molar-refractivity contribution in [3.63, 3.8) is 0 Å². The number of amides is 2. The Morgan fingerprint density at radius 2 is 2.12 bits per heavy atom. The van der Waals surface area contributed by atoms with Gasteiger partial charge in [-0.1, -0.05) is 0 Å². The highest BCUT2D eigenvalue weighted by molar-refractivity contribution is 5.98. The quantitative estimate of drug-likeness (QED) is 0.894. The van der Waals surface area contributed by atoms with Gasteiger partial charge in [-0.3, -0.25) is 14.3 Å². The van der Waals surface area contributed by atoms with Crippen molar-refractivity contribution >= 4 is 17.5 Å². The highest BCUT2D eigenvalue weighted by atomic mass is 16.3. The van der Waals surface area contributed by atoms with Gasteiger partial charge >= 0.3 is 0 Å². The van der Waals surface area contributed by atoms with E-state index >= 15 is 0 Å². The Labute approximate surface area is 139 Å². The minimum atomic E-state index is -0.416. The molecule has 0 aliphatic carbocycles. The average Bonchev–Trinajstić information content (AvgIpc) is 3.09. The Kier molecular flexibility index (Phi) is 4.01. The molecule has 1 aliphatic rings. The smallest absolute Gasteiger partial charge is 0.251 e. The van der Waals surface area contributed by atoms with Crippen molar-refractivity contribution in [1.29, 1.82) is 0 Å². The molecule has 1 atom stereocenters. The second kappa shape index (κ2) is 5.99. The summed E-state index contributed by atoms with van der Waals surface area (Å²) in [6.45, 7) is 3.95. The van der Waals surface area contributed by atoms with Gasteiger partial charge in [-0.25, -0.2) is 0 Å². The standard InChI is InChI=1S/C17H20N4O3/c1-10(16-15(23)9-20(3)19-16)18-17(24)13-4-5-14-12(8-13)6-7-21(14)11(2)22/h4-5,8-10,23H,6-7H2,1-3H3,(H,18,24).